The molecule has 1 aromatic rings. The van der Waals surface area contributed by atoms with Gasteiger partial charge in [-0.2, -0.15) is 0 Å². The van der Waals surface area contributed by atoms with Gasteiger partial charge in [-0.25, -0.2) is 0 Å². The molecule has 0 saturated carbocycles. The highest BCUT2D eigenvalue weighted by molar-refractivity contribution is 5.75. The van der Waals surface area contributed by atoms with Crippen molar-refractivity contribution >= 4 is 5.91 Å². The molecule has 0 heterocycles. The molecule has 0 spiro atoms. The summed E-state index contributed by atoms with van der Waals surface area (Å²) in [5.74, 6) is -0.568. The third-order valence-electron chi connectivity index (χ3n) is 2.28. The Bertz CT molecular complexity index is 422. The van der Waals surface area contributed by atoms with Gasteiger partial charge in [0.2, 0.25) is 5.91 Å². The van der Waals surface area contributed by atoms with E-state index in [2.05, 4.69) is 10.1 Å². The highest BCUT2D eigenvalue weighted by Gasteiger charge is 2.31. The quantitative estimate of drug-likeness (QED) is 0.834. The molecular weight excluding hydrogens is 261 g/mol. The number of alkyl halides is 3. The maximum Gasteiger partial charge on any atom is 0.573 e. The number of carbonyl (C=O) groups excluding carboxylic acids is 1. The number of nitrogens with one attached hydrogen (secondary N) is 1. The first-order valence-electron chi connectivity index (χ1n) is 5.73. The molecule has 0 aliphatic carbocycles. The van der Waals surface area contributed by atoms with Gasteiger partial charge in [-0.05, 0) is 19.0 Å². The van der Waals surface area contributed by atoms with Gasteiger partial charge >= 0.3 is 6.36 Å². The van der Waals surface area contributed by atoms with Crippen LogP contribution in [0.25, 0.3) is 0 Å². The molecule has 0 bridgehead atoms. The molecule has 7 heteroatoms. The van der Waals surface area contributed by atoms with Crippen LogP contribution in [-0.2, 0) is 11.3 Å². The van der Waals surface area contributed by atoms with Gasteiger partial charge in [0.05, 0.1) is 0 Å². The van der Waals surface area contributed by atoms with E-state index >= 15 is 0 Å². The predicted molar refractivity (Wildman–Crippen MR) is 63.3 cm³/mol. The first-order chi connectivity index (χ1) is 8.92. The molecule has 19 heavy (non-hydrogen) atoms. The molecule has 0 saturated heterocycles. The van der Waals surface area contributed by atoms with E-state index in [-0.39, 0.29) is 30.2 Å². The summed E-state index contributed by atoms with van der Waals surface area (Å²) < 4.78 is 40.4. The fraction of sp³-hybridized carbons (Fsp3) is 0.417. The Morgan fingerprint density at radius 3 is 2.63 bits per heavy atom. The van der Waals surface area contributed by atoms with Crippen molar-refractivity contribution in [1.82, 2.24) is 5.32 Å². The fourth-order valence-corrected chi connectivity index (χ4v) is 1.42. The number of ether oxygens (including phenoxy) is 1. The monoisotopic (exact) mass is 276 g/mol. The number of rotatable bonds is 6. The Morgan fingerprint density at radius 1 is 1.32 bits per heavy atom. The molecule has 0 aliphatic rings. The summed E-state index contributed by atoms with van der Waals surface area (Å²) in [6.07, 6.45) is -3.97. The third kappa shape index (κ3) is 6.10. The lowest BCUT2D eigenvalue weighted by atomic mass is 10.2. The Kier molecular flexibility index (Phi) is 5.62. The lowest BCUT2D eigenvalue weighted by molar-refractivity contribution is -0.274. The third-order valence-corrected chi connectivity index (χ3v) is 2.28. The second kappa shape index (κ2) is 6.98. The van der Waals surface area contributed by atoms with Crippen LogP contribution in [0.2, 0.25) is 0 Å². The van der Waals surface area contributed by atoms with Crippen LogP contribution in [-0.4, -0.2) is 18.8 Å². The van der Waals surface area contributed by atoms with E-state index in [1.165, 1.54) is 18.2 Å². The van der Waals surface area contributed by atoms with Crippen molar-refractivity contribution in [3.8, 4) is 5.75 Å². The van der Waals surface area contributed by atoms with E-state index in [1.54, 1.807) is 6.07 Å². The summed E-state index contributed by atoms with van der Waals surface area (Å²) in [7, 11) is 0. The van der Waals surface area contributed by atoms with Crippen LogP contribution in [0.3, 0.4) is 0 Å². The highest BCUT2D eigenvalue weighted by Crippen LogP contribution is 2.25. The summed E-state index contributed by atoms with van der Waals surface area (Å²) in [5.41, 5.74) is 5.52. The number of carbonyl (C=O) groups is 1. The number of para-hydroxylation sites is 1. The minimum Gasteiger partial charge on any atom is -0.405 e. The van der Waals surface area contributed by atoms with Gasteiger partial charge < -0.3 is 15.8 Å². The van der Waals surface area contributed by atoms with Gasteiger partial charge in [-0.1, -0.05) is 18.2 Å². The van der Waals surface area contributed by atoms with Crippen molar-refractivity contribution in [3.05, 3.63) is 29.8 Å². The highest BCUT2D eigenvalue weighted by atomic mass is 19.4. The number of hydrogen-bond donors (Lipinski definition) is 2. The van der Waals surface area contributed by atoms with Crippen LogP contribution in [0.1, 0.15) is 18.4 Å². The number of nitrogens with two attached hydrogens (primary N) is 1. The zero-order valence-electron chi connectivity index (χ0n) is 10.2. The molecule has 0 radical (unpaired) electrons. The molecule has 1 rings (SSSR count). The summed E-state index contributed by atoms with van der Waals surface area (Å²) in [6.45, 7) is 0.372. The molecule has 0 atom stereocenters. The standard InChI is InChI=1S/C12H15F3N2O2/c13-12(14,15)19-10-5-2-1-4-9(10)8-17-11(18)6-3-7-16/h1-2,4-5H,3,6-8,16H2,(H,17,18). The summed E-state index contributed by atoms with van der Waals surface area (Å²) in [5, 5.41) is 2.52. The Hall–Kier alpha value is -1.76. The minimum atomic E-state index is -4.75. The molecule has 1 aromatic carbocycles. The van der Waals surface area contributed by atoms with Gasteiger partial charge in [0.25, 0.3) is 0 Å². The van der Waals surface area contributed by atoms with Gasteiger partial charge in [-0.15, -0.1) is 13.2 Å². The van der Waals surface area contributed by atoms with Crippen LogP contribution < -0.4 is 15.8 Å². The molecule has 0 unspecified atom stereocenters. The molecule has 4 nitrogen and oxygen atoms in total. The maximum absolute atomic E-state index is 12.2. The predicted octanol–water partition coefficient (Wildman–Crippen LogP) is 1.94. The van der Waals surface area contributed by atoms with Crippen LogP contribution >= 0.6 is 0 Å². The largest absolute Gasteiger partial charge is 0.573 e. The van der Waals surface area contributed by atoms with Gasteiger partial charge in [0.15, 0.2) is 0 Å². The lowest BCUT2D eigenvalue weighted by Crippen LogP contribution is -2.24. The van der Waals surface area contributed by atoms with Gasteiger partial charge in [0.1, 0.15) is 5.75 Å². The van der Waals surface area contributed by atoms with Crippen molar-refractivity contribution in [2.75, 3.05) is 6.54 Å². The zero-order valence-corrected chi connectivity index (χ0v) is 10.2. The van der Waals surface area contributed by atoms with Crippen molar-refractivity contribution < 1.29 is 22.7 Å². The van der Waals surface area contributed by atoms with Crippen LogP contribution in [0.4, 0.5) is 13.2 Å². The van der Waals surface area contributed by atoms with Crippen LogP contribution in [0, 0.1) is 0 Å². The molecule has 0 aliphatic heterocycles. The first-order valence-corrected chi connectivity index (χ1v) is 5.73. The van der Waals surface area contributed by atoms with Crippen molar-refractivity contribution in [1.29, 1.82) is 0 Å². The Balaban J connectivity index is 2.60. The normalized spacial score (nSPS) is 11.2. The Morgan fingerprint density at radius 2 is 2.00 bits per heavy atom. The van der Waals surface area contributed by atoms with Crippen LogP contribution in [0.5, 0.6) is 5.75 Å². The van der Waals surface area contributed by atoms with E-state index in [4.69, 9.17) is 5.73 Å². The first kappa shape index (κ1) is 15.3. The second-order valence-electron chi connectivity index (χ2n) is 3.82. The topological polar surface area (TPSA) is 64.4 Å². The van der Waals surface area contributed by atoms with Gasteiger partial charge in [-0.3, -0.25) is 4.79 Å². The van der Waals surface area contributed by atoms with Crippen molar-refractivity contribution in [2.45, 2.75) is 25.7 Å². The smallest absolute Gasteiger partial charge is 0.405 e. The number of halogens is 3. The van der Waals surface area contributed by atoms with E-state index in [0.29, 0.717) is 13.0 Å². The van der Waals surface area contributed by atoms with E-state index in [0.717, 1.165) is 0 Å². The van der Waals surface area contributed by atoms with E-state index in [1.807, 2.05) is 0 Å². The van der Waals surface area contributed by atoms with Gasteiger partial charge in [0, 0.05) is 18.5 Å². The number of amides is 1. The molecule has 3 N–H and O–H groups in total. The zero-order chi connectivity index (χ0) is 14.3. The molecular formula is C12H15F3N2O2. The van der Waals surface area contributed by atoms with Crippen molar-refractivity contribution in [3.63, 3.8) is 0 Å². The summed E-state index contributed by atoms with van der Waals surface area (Å²) >= 11 is 0. The average molecular weight is 276 g/mol. The van der Waals surface area contributed by atoms with E-state index in [9.17, 15) is 18.0 Å². The number of hydrogen-bond acceptors (Lipinski definition) is 3. The maximum atomic E-state index is 12.2. The molecule has 106 valence electrons. The van der Waals surface area contributed by atoms with E-state index < -0.39 is 6.36 Å². The SMILES string of the molecule is NCCCC(=O)NCc1ccccc1OC(F)(F)F. The lowest BCUT2D eigenvalue weighted by Gasteiger charge is -2.13. The van der Waals surface area contributed by atoms with Crippen molar-refractivity contribution in [2.24, 2.45) is 5.73 Å². The fourth-order valence-electron chi connectivity index (χ4n) is 1.42. The summed E-state index contributed by atoms with van der Waals surface area (Å²) in [6, 6.07) is 5.67. The average Bonchev–Trinajstić information content (AvgIpc) is 2.33. The second-order valence-corrected chi connectivity index (χ2v) is 3.82. The molecule has 0 fully saturated rings. The van der Waals surface area contributed by atoms with Crippen LogP contribution in [0.15, 0.2) is 24.3 Å². The molecule has 0 aromatic heterocycles. The Labute approximate surface area is 108 Å². The number of benzene rings is 1. The summed E-state index contributed by atoms with van der Waals surface area (Å²) in [4.78, 5) is 11.3. The molecule has 1 amide bonds. The minimum absolute atomic E-state index is 0.0182.